The Morgan fingerprint density at radius 2 is 1.78 bits per heavy atom. The molecule has 1 aliphatic heterocycles. The Morgan fingerprint density at radius 3 is 2.38 bits per heavy atom. The number of likely N-dealkylation sites (tertiary alicyclic amines) is 1. The van der Waals surface area contributed by atoms with Crippen LogP contribution in [0.2, 0.25) is 0 Å². The van der Waals surface area contributed by atoms with Gasteiger partial charge in [0.15, 0.2) is 0 Å². The first-order valence-electron chi connectivity index (χ1n) is 11.2. The third-order valence-electron chi connectivity index (χ3n) is 6.58. The zero-order chi connectivity index (χ0) is 22.8. The molecule has 5 nitrogen and oxygen atoms in total. The number of ketones is 1. The van der Waals surface area contributed by atoms with Gasteiger partial charge < -0.3 is 14.7 Å². The van der Waals surface area contributed by atoms with Crippen molar-refractivity contribution in [2.75, 3.05) is 7.11 Å². The van der Waals surface area contributed by atoms with Crippen LogP contribution in [-0.2, 0) is 16.0 Å². The van der Waals surface area contributed by atoms with Gasteiger partial charge in [0, 0.05) is 11.6 Å². The lowest BCUT2D eigenvalue weighted by Crippen LogP contribution is -2.40. The van der Waals surface area contributed by atoms with Crippen molar-refractivity contribution in [3.05, 3.63) is 69.2 Å². The zero-order valence-corrected chi connectivity index (χ0v) is 20.0. The van der Waals surface area contributed by atoms with E-state index in [1.165, 1.54) is 5.56 Å². The van der Waals surface area contributed by atoms with E-state index in [0.717, 1.165) is 44.1 Å². The average molecular weight is 498 g/mol. The topological polar surface area (TPSA) is 66.8 Å². The van der Waals surface area contributed by atoms with Gasteiger partial charge >= 0.3 is 0 Å². The molecular weight excluding hydrogens is 470 g/mol. The van der Waals surface area contributed by atoms with Crippen LogP contribution in [-0.4, -0.2) is 34.8 Å². The first-order valence-corrected chi connectivity index (χ1v) is 12.0. The number of hydrogen-bond acceptors (Lipinski definition) is 4. The van der Waals surface area contributed by atoms with Crippen LogP contribution in [0.15, 0.2) is 52.5 Å². The summed E-state index contributed by atoms with van der Waals surface area (Å²) < 4.78 is 5.94. The number of aliphatic hydroxyl groups is 1. The SMILES string of the molecule is CCc1ccc(C2/C(=C(/O)c3ccc(OC)c(Br)c3)C(=O)C(=O)N2C2CCCCC2)cc1. The van der Waals surface area contributed by atoms with Crippen LogP contribution in [0.5, 0.6) is 5.75 Å². The molecule has 0 aromatic heterocycles. The Balaban J connectivity index is 1.85. The maximum absolute atomic E-state index is 13.2. The second-order valence-corrected chi connectivity index (χ2v) is 9.30. The Bertz CT molecular complexity index is 1050. The van der Waals surface area contributed by atoms with Gasteiger partial charge in [0.05, 0.1) is 23.2 Å². The number of nitrogens with zero attached hydrogens (tertiary/aromatic N) is 1. The highest BCUT2D eigenvalue weighted by Gasteiger charge is 2.48. The van der Waals surface area contributed by atoms with Crippen LogP contribution in [0.25, 0.3) is 5.76 Å². The number of halogens is 1. The fraction of sp³-hybridized carbons (Fsp3) is 0.385. The van der Waals surface area contributed by atoms with Crippen molar-refractivity contribution in [1.29, 1.82) is 0 Å². The highest BCUT2D eigenvalue weighted by molar-refractivity contribution is 9.10. The molecule has 1 N–H and O–H groups in total. The standard InChI is InChI=1S/C26H28BrNO4/c1-3-16-9-11-17(12-10-16)23-22(24(29)18-13-14-21(32-2)20(27)15-18)25(30)26(31)28(23)19-7-5-4-6-8-19/h9-15,19,23,29H,3-8H2,1-2H3/b24-22-. The summed E-state index contributed by atoms with van der Waals surface area (Å²) in [5.74, 6) is -0.675. The number of carbonyl (C=O) groups is 2. The largest absolute Gasteiger partial charge is 0.507 e. The molecule has 1 atom stereocenters. The van der Waals surface area contributed by atoms with Crippen LogP contribution in [0.4, 0.5) is 0 Å². The van der Waals surface area contributed by atoms with E-state index in [0.29, 0.717) is 15.8 Å². The van der Waals surface area contributed by atoms with E-state index < -0.39 is 17.7 Å². The van der Waals surface area contributed by atoms with Gasteiger partial charge in [-0.25, -0.2) is 0 Å². The number of benzene rings is 2. The van der Waals surface area contributed by atoms with E-state index in [2.05, 4.69) is 22.9 Å². The minimum absolute atomic E-state index is 0.00366. The highest BCUT2D eigenvalue weighted by Crippen LogP contribution is 2.43. The molecule has 2 fully saturated rings. The quantitative estimate of drug-likeness (QED) is 0.323. The number of amides is 1. The molecule has 4 rings (SSSR count). The van der Waals surface area contributed by atoms with Gasteiger partial charge in [-0.1, -0.05) is 50.5 Å². The molecule has 6 heteroatoms. The van der Waals surface area contributed by atoms with Crippen LogP contribution in [0, 0.1) is 0 Å². The summed E-state index contributed by atoms with van der Waals surface area (Å²) in [4.78, 5) is 28.2. The van der Waals surface area contributed by atoms with Gasteiger partial charge in [0.1, 0.15) is 11.5 Å². The molecule has 2 aromatic carbocycles. The van der Waals surface area contributed by atoms with E-state index in [-0.39, 0.29) is 17.4 Å². The molecule has 1 saturated carbocycles. The van der Waals surface area contributed by atoms with Gasteiger partial charge in [-0.2, -0.15) is 0 Å². The second-order valence-electron chi connectivity index (χ2n) is 8.44. The lowest BCUT2D eigenvalue weighted by molar-refractivity contribution is -0.141. The molecule has 1 heterocycles. The first kappa shape index (κ1) is 22.6. The molecule has 2 aromatic rings. The van der Waals surface area contributed by atoms with Gasteiger partial charge in [-0.3, -0.25) is 9.59 Å². The third kappa shape index (κ3) is 4.08. The van der Waals surface area contributed by atoms with Crippen molar-refractivity contribution in [1.82, 2.24) is 4.90 Å². The van der Waals surface area contributed by atoms with Crippen molar-refractivity contribution in [3.63, 3.8) is 0 Å². The predicted octanol–water partition coefficient (Wildman–Crippen LogP) is 5.77. The van der Waals surface area contributed by atoms with Crippen LogP contribution < -0.4 is 4.74 Å². The minimum atomic E-state index is -0.621. The Hall–Kier alpha value is -2.60. The van der Waals surface area contributed by atoms with Gasteiger partial charge in [0.25, 0.3) is 11.7 Å². The smallest absolute Gasteiger partial charge is 0.295 e. The van der Waals surface area contributed by atoms with Gasteiger partial charge in [-0.05, 0) is 64.5 Å². The Labute approximate surface area is 197 Å². The third-order valence-corrected chi connectivity index (χ3v) is 7.20. The van der Waals surface area contributed by atoms with Crippen molar-refractivity contribution in [3.8, 4) is 5.75 Å². The summed E-state index contributed by atoms with van der Waals surface area (Å²) in [6.45, 7) is 2.09. The summed E-state index contributed by atoms with van der Waals surface area (Å²) in [6, 6.07) is 12.5. The van der Waals surface area contributed by atoms with Gasteiger partial charge in [0.2, 0.25) is 0 Å². The lowest BCUT2D eigenvalue weighted by atomic mass is 9.90. The van der Waals surface area contributed by atoms with E-state index >= 15 is 0 Å². The monoisotopic (exact) mass is 497 g/mol. The maximum atomic E-state index is 13.2. The van der Waals surface area contributed by atoms with Crippen LogP contribution in [0.3, 0.4) is 0 Å². The number of Topliss-reactive ketones (excluding diaryl/α,β-unsaturated/α-hetero) is 1. The predicted molar refractivity (Wildman–Crippen MR) is 128 cm³/mol. The summed E-state index contributed by atoms with van der Waals surface area (Å²) in [5, 5.41) is 11.3. The van der Waals surface area contributed by atoms with Crippen molar-refractivity contribution in [2.45, 2.75) is 57.5 Å². The van der Waals surface area contributed by atoms with E-state index in [4.69, 9.17) is 4.74 Å². The molecule has 1 unspecified atom stereocenters. The van der Waals surface area contributed by atoms with E-state index in [9.17, 15) is 14.7 Å². The fourth-order valence-electron chi connectivity index (χ4n) is 4.82. The summed E-state index contributed by atoms with van der Waals surface area (Å²) in [7, 11) is 1.56. The van der Waals surface area contributed by atoms with Crippen molar-refractivity contribution < 1.29 is 19.4 Å². The number of rotatable bonds is 5. The number of ether oxygens (including phenoxy) is 1. The molecule has 1 saturated heterocycles. The molecule has 168 valence electrons. The molecule has 0 spiro atoms. The number of carbonyl (C=O) groups excluding carboxylic acids is 2. The molecule has 1 amide bonds. The summed E-state index contributed by atoms with van der Waals surface area (Å²) in [5.41, 5.74) is 2.65. The highest BCUT2D eigenvalue weighted by atomic mass is 79.9. The fourth-order valence-corrected chi connectivity index (χ4v) is 5.36. The molecule has 2 aliphatic rings. The molecule has 32 heavy (non-hydrogen) atoms. The van der Waals surface area contributed by atoms with Gasteiger partial charge in [-0.15, -0.1) is 0 Å². The zero-order valence-electron chi connectivity index (χ0n) is 18.4. The first-order chi connectivity index (χ1) is 15.5. The lowest BCUT2D eigenvalue weighted by Gasteiger charge is -2.35. The summed E-state index contributed by atoms with van der Waals surface area (Å²) >= 11 is 3.44. The minimum Gasteiger partial charge on any atom is -0.507 e. The summed E-state index contributed by atoms with van der Waals surface area (Å²) in [6.07, 6.45) is 5.90. The number of aliphatic hydroxyl groups excluding tert-OH is 1. The number of hydrogen-bond donors (Lipinski definition) is 1. The molecule has 0 bridgehead atoms. The van der Waals surface area contributed by atoms with Crippen LogP contribution in [0.1, 0.15) is 61.8 Å². The number of methoxy groups -OCH3 is 1. The number of aryl methyl sites for hydroxylation is 1. The maximum Gasteiger partial charge on any atom is 0.295 e. The average Bonchev–Trinajstić information content (AvgIpc) is 3.09. The molecular formula is C26H28BrNO4. The second kappa shape index (κ2) is 9.49. The normalized spacial score (nSPS) is 21.2. The van der Waals surface area contributed by atoms with Crippen LogP contribution >= 0.6 is 15.9 Å². The Kier molecular flexibility index (Phi) is 6.70. The molecule has 0 radical (unpaired) electrons. The van der Waals surface area contributed by atoms with Crippen molar-refractivity contribution >= 4 is 33.4 Å². The van der Waals surface area contributed by atoms with Crippen molar-refractivity contribution in [2.24, 2.45) is 0 Å². The van der Waals surface area contributed by atoms with E-state index in [1.807, 2.05) is 24.3 Å². The van der Waals surface area contributed by atoms with E-state index in [1.54, 1.807) is 30.2 Å². The molecule has 1 aliphatic carbocycles. The Morgan fingerprint density at radius 1 is 1.09 bits per heavy atom.